The van der Waals surface area contributed by atoms with Crippen LogP contribution >= 0.6 is 11.6 Å². The fraction of sp³-hybridized carbons (Fsp3) is 0.481. The van der Waals surface area contributed by atoms with Gasteiger partial charge >= 0.3 is 0 Å². The van der Waals surface area contributed by atoms with Crippen molar-refractivity contribution in [2.75, 3.05) is 7.11 Å². The van der Waals surface area contributed by atoms with Gasteiger partial charge in [-0.05, 0) is 62.3 Å². The molecule has 0 saturated heterocycles. The summed E-state index contributed by atoms with van der Waals surface area (Å²) in [5.74, 6) is 0.0432. The van der Waals surface area contributed by atoms with Crippen LogP contribution in [-0.4, -0.2) is 27.6 Å². The highest BCUT2D eigenvalue weighted by Crippen LogP contribution is 2.45. The maximum absolute atomic E-state index is 13.8. The molecule has 0 unspecified atom stereocenters. The van der Waals surface area contributed by atoms with Crippen LogP contribution in [0, 0.1) is 12.8 Å². The third-order valence-electron chi connectivity index (χ3n) is 6.94. The lowest BCUT2D eigenvalue weighted by Gasteiger charge is -2.28. The molecule has 0 amide bonds. The number of rotatable bonds is 8. The summed E-state index contributed by atoms with van der Waals surface area (Å²) in [5, 5.41) is 0.542. The fourth-order valence-corrected chi connectivity index (χ4v) is 4.96. The first-order chi connectivity index (χ1) is 16.8. The third-order valence-corrected chi connectivity index (χ3v) is 7.33. The monoisotopic (exact) mass is 501 g/mol. The van der Waals surface area contributed by atoms with Crippen LogP contribution in [0.5, 0.6) is 11.5 Å². The molecule has 0 N–H and O–H groups in total. The molecule has 2 aliphatic rings. The van der Waals surface area contributed by atoms with Gasteiger partial charge in [-0.25, -0.2) is 13.8 Å². The van der Waals surface area contributed by atoms with E-state index >= 15 is 0 Å². The van der Waals surface area contributed by atoms with E-state index < -0.39 is 5.92 Å². The molecule has 0 aliphatic heterocycles. The van der Waals surface area contributed by atoms with Crippen LogP contribution < -0.4 is 9.47 Å². The number of halogens is 3. The first-order valence-corrected chi connectivity index (χ1v) is 12.6. The highest BCUT2D eigenvalue weighted by atomic mass is 35.5. The van der Waals surface area contributed by atoms with E-state index in [1.54, 1.807) is 7.11 Å². The van der Waals surface area contributed by atoms with Crippen molar-refractivity contribution < 1.29 is 18.3 Å². The SMILES string of the molecule is COc1cc(OCc2ccc(C)cn2)ccc1-c1nc(C2CCC(F)(F)CC2)n(CC2CC2)c1Cl. The highest BCUT2D eigenvalue weighted by molar-refractivity contribution is 6.32. The minimum Gasteiger partial charge on any atom is -0.496 e. The number of hydrogen-bond acceptors (Lipinski definition) is 4. The summed E-state index contributed by atoms with van der Waals surface area (Å²) < 4.78 is 41.3. The quantitative estimate of drug-likeness (QED) is 0.327. The second-order valence-electron chi connectivity index (χ2n) is 9.77. The largest absolute Gasteiger partial charge is 0.496 e. The normalized spacial score (nSPS) is 18.0. The number of ether oxygens (including phenoxy) is 2. The summed E-state index contributed by atoms with van der Waals surface area (Å²) in [6, 6.07) is 9.52. The molecule has 5 nitrogen and oxygen atoms in total. The van der Waals surface area contributed by atoms with Crippen molar-refractivity contribution in [3.63, 3.8) is 0 Å². The van der Waals surface area contributed by atoms with E-state index in [2.05, 4.69) is 9.55 Å². The summed E-state index contributed by atoms with van der Waals surface area (Å²) in [5.41, 5.74) is 3.32. The Morgan fingerprint density at radius 2 is 1.89 bits per heavy atom. The lowest BCUT2D eigenvalue weighted by atomic mass is 9.86. The Balaban J connectivity index is 1.42. The van der Waals surface area contributed by atoms with Crippen LogP contribution in [0.15, 0.2) is 36.5 Å². The van der Waals surface area contributed by atoms with Gasteiger partial charge < -0.3 is 14.0 Å². The number of nitrogens with zero attached hydrogens (tertiary/aromatic N) is 3. The number of pyridine rings is 1. The molecule has 8 heteroatoms. The predicted molar refractivity (Wildman–Crippen MR) is 131 cm³/mol. The molecule has 2 aliphatic carbocycles. The first-order valence-electron chi connectivity index (χ1n) is 12.2. The van der Waals surface area contributed by atoms with Crippen molar-refractivity contribution in [2.24, 2.45) is 5.92 Å². The molecule has 3 aromatic rings. The van der Waals surface area contributed by atoms with Gasteiger partial charge in [-0.1, -0.05) is 17.7 Å². The molecule has 5 rings (SSSR count). The predicted octanol–water partition coefficient (Wildman–Crippen LogP) is 7.20. The van der Waals surface area contributed by atoms with E-state index in [-0.39, 0.29) is 18.8 Å². The number of benzene rings is 1. The van der Waals surface area contributed by atoms with Gasteiger partial charge in [-0.3, -0.25) is 4.98 Å². The smallest absolute Gasteiger partial charge is 0.248 e. The van der Waals surface area contributed by atoms with Crippen molar-refractivity contribution in [3.8, 4) is 22.8 Å². The van der Waals surface area contributed by atoms with Gasteiger partial charge in [0.05, 0.1) is 12.8 Å². The van der Waals surface area contributed by atoms with Crippen molar-refractivity contribution in [3.05, 3.63) is 58.8 Å². The second kappa shape index (κ2) is 9.76. The average molecular weight is 502 g/mol. The Morgan fingerprint density at radius 3 is 2.54 bits per heavy atom. The first kappa shape index (κ1) is 24.0. The molecule has 2 heterocycles. The maximum Gasteiger partial charge on any atom is 0.248 e. The number of hydrogen-bond donors (Lipinski definition) is 0. The maximum atomic E-state index is 13.8. The standard InChI is InChI=1S/C27H30ClF2N3O2/c1-17-3-6-20(31-14-17)16-35-21-7-8-22(23(13-21)34-2)24-25(28)33(15-18-4-5-18)26(32-24)19-9-11-27(29,30)12-10-19/h3,6-8,13-14,18-19H,4-5,9-12,15-16H2,1-2H3. The molecular formula is C27H30ClF2N3O2. The molecule has 0 radical (unpaired) electrons. The van der Waals surface area contributed by atoms with Crippen LogP contribution in [-0.2, 0) is 13.2 Å². The van der Waals surface area contributed by atoms with Gasteiger partial charge in [0.25, 0.3) is 0 Å². The zero-order valence-corrected chi connectivity index (χ0v) is 20.8. The van der Waals surface area contributed by atoms with Crippen molar-refractivity contribution in [2.45, 2.75) is 70.4 Å². The molecule has 2 fully saturated rings. The van der Waals surface area contributed by atoms with Gasteiger partial charge in [0, 0.05) is 43.1 Å². The Labute approximate surface area is 209 Å². The molecular weight excluding hydrogens is 472 g/mol. The van der Waals surface area contributed by atoms with Crippen LogP contribution in [0.1, 0.15) is 61.5 Å². The van der Waals surface area contributed by atoms with Gasteiger partial charge in [-0.2, -0.15) is 0 Å². The Bertz CT molecular complexity index is 1180. The minimum atomic E-state index is -2.58. The van der Waals surface area contributed by atoms with E-state index in [0.29, 0.717) is 47.7 Å². The topological polar surface area (TPSA) is 49.2 Å². The molecule has 0 atom stereocenters. The lowest BCUT2D eigenvalue weighted by molar-refractivity contribution is -0.0390. The van der Waals surface area contributed by atoms with Crippen LogP contribution in [0.25, 0.3) is 11.3 Å². The third kappa shape index (κ3) is 5.45. The van der Waals surface area contributed by atoms with Gasteiger partial charge in [-0.15, -0.1) is 0 Å². The molecule has 35 heavy (non-hydrogen) atoms. The van der Waals surface area contributed by atoms with E-state index in [4.69, 9.17) is 26.1 Å². The van der Waals surface area contributed by atoms with Gasteiger partial charge in [0.1, 0.15) is 34.8 Å². The Morgan fingerprint density at radius 1 is 1.11 bits per heavy atom. The summed E-state index contributed by atoms with van der Waals surface area (Å²) in [6.07, 6.45) is 4.77. The Hall–Kier alpha value is -2.67. The second-order valence-corrected chi connectivity index (χ2v) is 10.1. The van der Waals surface area contributed by atoms with E-state index in [1.165, 1.54) is 0 Å². The lowest BCUT2D eigenvalue weighted by Crippen LogP contribution is -2.25. The van der Waals surface area contributed by atoms with Crippen molar-refractivity contribution >= 4 is 11.6 Å². The van der Waals surface area contributed by atoms with Crippen molar-refractivity contribution in [1.82, 2.24) is 14.5 Å². The zero-order valence-electron chi connectivity index (χ0n) is 20.1. The minimum absolute atomic E-state index is 0.0183. The van der Waals surface area contributed by atoms with Crippen LogP contribution in [0.2, 0.25) is 5.15 Å². The molecule has 0 bridgehead atoms. The Kier molecular flexibility index (Phi) is 6.71. The summed E-state index contributed by atoms with van der Waals surface area (Å²) in [6.45, 7) is 3.12. The van der Waals surface area contributed by atoms with Gasteiger partial charge in [0.15, 0.2) is 0 Å². The van der Waals surface area contributed by atoms with Crippen LogP contribution in [0.4, 0.5) is 8.78 Å². The van der Waals surface area contributed by atoms with E-state index in [9.17, 15) is 8.78 Å². The average Bonchev–Trinajstić information content (AvgIpc) is 3.62. The molecule has 186 valence electrons. The number of aryl methyl sites for hydroxylation is 1. The number of imidazole rings is 1. The number of alkyl halides is 2. The molecule has 2 aromatic heterocycles. The summed E-state index contributed by atoms with van der Waals surface area (Å²) in [4.78, 5) is 9.30. The zero-order chi connectivity index (χ0) is 24.6. The van der Waals surface area contributed by atoms with Crippen LogP contribution in [0.3, 0.4) is 0 Å². The van der Waals surface area contributed by atoms with E-state index in [1.807, 2.05) is 43.5 Å². The highest BCUT2D eigenvalue weighted by Gasteiger charge is 2.38. The molecule has 1 aromatic carbocycles. The van der Waals surface area contributed by atoms with Gasteiger partial charge in [0.2, 0.25) is 5.92 Å². The fourth-order valence-electron chi connectivity index (χ4n) is 4.66. The van der Waals surface area contributed by atoms with Crippen molar-refractivity contribution in [1.29, 1.82) is 0 Å². The number of aromatic nitrogens is 3. The summed E-state index contributed by atoms with van der Waals surface area (Å²) >= 11 is 6.89. The summed E-state index contributed by atoms with van der Waals surface area (Å²) in [7, 11) is 1.60. The molecule has 0 spiro atoms. The molecule has 2 saturated carbocycles. The van der Waals surface area contributed by atoms with E-state index in [0.717, 1.165) is 42.0 Å². The number of methoxy groups -OCH3 is 1.